The first kappa shape index (κ1) is 16.7. The molecule has 0 unspecified atom stereocenters. The van der Waals surface area contributed by atoms with Gasteiger partial charge in [-0.05, 0) is 31.5 Å². The second kappa shape index (κ2) is 6.91. The van der Waals surface area contributed by atoms with Crippen LogP contribution in [0, 0.1) is 0 Å². The van der Waals surface area contributed by atoms with Crippen molar-refractivity contribution in [2.24, 2.45) is 5.73 Å². The zero-order chi connectivity index (χ0) is 15.2. The van der Waals surface area contributed by atoms with Gasteiger partial charge in [0.2, 0.25) is 10.0 Å². The lowest BCUT2D eigenvalue weighted by Crippen LogP contribution is -2.27. The Morgan fingerprint density at radius 2 is 1.85 bits per heavy atom. The molecule has 0 atom stereocenters. The molecule has 0 spiro atoms. The molecule has 0 aromatic heterocycles. The highest BCUT2D eigenvalue weighted by atomic mass is 32.2. The van der Waals surface area contributed by atoms with Crippen molar-refractivity contribution in [2.45, 2.75) is 24.1 Å². The number of hydrogen-bond donors (Lipinski definition) is 2. The zero-order valence-electron chi connectivity index (χ0n) is 10.5. The molecule has 0 heterocycles. The van der Waals surface area contributed by atoms with Gasteiger partial charge in [-0.1, -0.05) is 12.1 Å². The van der Waals surface area contributed by atoms with Crippen molar-refractivity contribution in [2.75, 3.05) is 13.1 Å². The first-order valence-corrected chi connectivity index (χ1v) is 7.29. The van der Waals surface area contributed by atoms with Gasteiger partial charge < -0.3 is 10.5 Å². The summed E-state index contributed by atoms with van der Waals surface area (Å²) < 4.78 is 66.4. The van der Waals surface area contributed by atoms with E-state index < -0.39 is 27.0 Å². The molecule has 0 bridgehead atoms. The highest BCUT2D eigenvalue weighted by Gasteiger charge is 2.33. The van der Waals surface area contributed by atoms with Crippen molar-refractivity contribution in [1.82, 2.24) is 4.72 Å². The van der Waals surface area contributed by atoms with E-state index in [1.807, 2.05) is 0 Å². The molecule has 3 N–H and O–H groups in total. The molecular formula is C11H15F3N2O3S. The molecule has 0 saturated carbocycles. The minimum Gasteiger partial charge on any atom is -0.404 e. The highest BCUT2D eigenvalue weighted by Crippen LogP contribution is 2.29. The van der Waals surface area contributed by atoms with Crippen molar-refractivity contribution in [3.8, 4) is 5.75 Å². The number of halogens is 3. The molecule has 0 amide bonds. The van der Waals surface area contributed by atoms with E-state index in [1.54, 1.807) is 0 Å². The molecule has 0 aliphatic rings. The van der Waals surface area contributed by atoms with Gasteiger partial charge >= 0.3 is 6.36 Å². The Kier molecular flexibility index (Phi) is 5.78. The van der Waals surface area contributed by atoms with Gasteiger partial charge in [0.05, 0.1) is 0 Å². The Balaban J connectivity index is 2.89. The number of ether oxygens (including phenoxy) is 1. The Hall–Kier alpha value is -1.32. The average molecular weight is 312 g/mol. The van der Waals surface area contributed by atoms with E-state index in [1.165, 1.54) is 12.1 Å². The van der Waals surface area contributed by atoms with E-state index in [-0.39, 0.29) is 6.54 Å². The molecule has 0 aliphatic carbocycles. The number of rotatable bonds is 7. The molecule has 1 rings (SSSR count). The van der Waals surface area contributed by atoms with Crippen molar-refractivity contribution >= 4 is 10.0 Å². The topological polar surface area (TPSA) is 81.4 Å². The molecule has 1 aromatic carbocycles. The van der Waals surface area contributed by atoms with Crippen LogP contribution in [0.5, 0.6) is 5.75 Å². The average Bonchev–Trinajstić information content (AvgIpc) is 2.33. The van der Waals surface area contributed by atoms with Gasteiger partial charge in [0.15, 0.2) is 0 Å². The van der Waals surface area contributed by atoms with Crippen molar-refractivity contribution in [1.29, 1.82) is 0 Å². The number of unbranched alkanes of at least 4 members (excludes halogenated alkanes) is 1. The van der Waals surface area contributed by atoms with E-state index in [0.717, 1.165) is 12.1 Å². The van der Waals surface area contributed by atoms with Crippen LogP contribution in [-0.4, -0.2) is 27.9 Å². The van der Waals surface area contributed by atoms with Crippen molar-refractivity contribution in [3.05, 3.63) is 24.3 Å². The van der Waals surface area contributed by atoms with Crippen LogP contribution < -0.4 is 15.2 Å². The number of hydrogen-bond acceptors (Lipinski definition) is 4. The van der Waals surface area contributed by atoms with Crippen LogP contribution in [0.2, 0.25) is 0 Å². The zero-order valence-corrected chi connectivity index (χ0v) is 11.3. The minimum absolute atomic E-state index is 0.0971. The van der Waals surface area contributed by atoms with Crippen LogP contribution in [0.25, 0.3) is 0 Å². The van der Waals surface area contributed by atoms with Gasteiger partial charge in [0.1, 0.15) is 10.6 Å². The van der Waals surface area contributed by atoms with Crippen molar-refractivity contribution < 1.29 is 26.3 Å². The van der Waals surface area contributed by atoms with Gasteiger partial charge in [-0.2, -0.15) is 0 Å². The fraction of sp³-hybridized carbons (Fsp3) is 0.455. The molecule has 0 fully saturated rings. The molecule has 9 heteroatoms. The summed E-state index contributed by atoms with van der Waals surface area (Å²) in [5, 5.41) is 0. The van der Waals surface area contributed by atoms with Gasteiger partial charge in [0.25, 0.3) is 0 Å². The van der Waals surface area contributed by atoms with Crippen LogP contribution in [0.4, 0.5) is 13.2 Å². The standard InChI is InChI=1S/C11H15F3N2O3S/c12-11(13,14)19-9-5-1-2-6-10(9)20(17,18)16-8-4-3-7-15/h1-2,5-6,16H,3-4,7-8,15H2. The number of para-hydroxylation sites is 1. The normalized spacial score (nSPS) is 12.4. The van der Waals surface area contributed by atoms with Gasteiger partial charge in [-0.25, -0.2) is 13.1 Å². The lowest BCUT2D eigenvalue weighted by molar-refractivity contribution is -0.275. The lowest BCUT2D eigenvalue weighted by Gasteiger charge is -2.13. The van der Waals surface area contributed by atoms with Crippen molar-refractivity contribution in [3.63, 3.8) is 0 Å². The van der Waals surface area contributed by atoms with Crippen LogP contribution in [0.1, 0.15) is 12.8 Å². The summed E-state index contributed by atoms with van der Waals surface area (Å²) in [6.07, 6.45) is -3.84. The van der Waals surface area contributed by atoms with Gasteiger partial charge in [-0.15, -0.1) is 13.2 Å². The Morgan fingerprint density at radius 1 is 1.20 bits per heavy atom. The summed E-state index contributed by atoms with van der Waals surface area (Å²) in [6, 6.07) is 4.57. The summed E-state index contributed by atoms with van der Waals surface area (Å²) in [4.78, 5) is -0.551. The van der Waals surface area contributed by atoms with E-state index in [4.69, 9.17) is 5.73 Å². The molecule has 5 nitrogen and oxygen atoms in total. The Bertz CT molecular complexity index is 532. The number of nitrogens with one attached hydrogen (secondary N) is 1. The number of nitrogens with two attached hydrogens (primary N) is 1. The number of sulfonamides is 1. The summed E-state index contributed by atoms with van der Waals surface area (Å²) in [6.45, 7) is 0.509. The molecule has 0 saturated heterocycles. The highest BCUT2D eigenvalue weighted by molar-refractivity contribution is 7.89. The largest absolute Gasteiger partial charge is 0.573 e. The quantitative estimate of drug-likeness (QED) is 0.749. The second-order valence-electron chi connectivity index (χ2n) is 3.89. The first-order chi connectivity index (χ1) is 9.26. The minimum atomic E-state index is -4.95. The summed E-state index contributed by atoms with van der Waals surface area (Å²) in [7, 11) is -4.06. The summed E-state index contributed by atoms with van der Waals surface area (Å²) in [5.41, 5.74) is 5.26. The maximum atomic E-state index is 12.2. The maximum absolute atomic E-state index is 12.2. The van der Waals surface area contributed by atoms with E-state index in [0.29, 0.717) is 19.4 Å². The van der Waals surface area contributed by atoms with E-state index >= 15 is 0 Å². The third-order valence-corrected chi connectivity index (χ3v) is 3.79. The number of alkyl halides is 3. The van der Waals surface area contributed by atoms with Crippen LogP contribution in [0.15, 0.2) is 29.2 Å². The molecular weight excluding hydrogens is 297 g/mol. The van der Waals surface area contributed by atoms with Gasteiger partial charge in [0, 0.05) is 6.54 Å². The fourth-order valence-electron chi connectivity index (χ4n) is 1.43. The predicted octanol–water partition coefficient (Wildman–Crippen LogP) is 1.60. The Labute approximate surface area is 115 Å². The monoisotopic (exact) mass is 312 g/mol. The van der Waals surface area contributed by atoms with Gasteiger partial charge in [-0.3, -0.25) is 0 Å². The maximum Gasteiger partial charge on any atom is 0.573 e. The molecule has 114 valence electrons. The Morgan fingerprint density at radius 3 is 2.45 bits per heavy atom. The molecule has 0 aliphatic heterocycles. The van der Waals surface area contributed by atoms with E-state index in [2.05, 4.69) is 9.46 Å². The molecule has 20 heavy (non-hydrogen) atoms. The van der Waals surface area contributed by atoms with E-state index in [9.17, 15) is 21.6 Å². The van der Waals surface area contributed by atoms with Crippen LogP contribution >= 0.6 is 0 Å². The first-order valence-electron chi connectivity index (χ1n) is 5.81. The summed E-state index contributed by atoms with van der Waals surface area (Å²) in [5.74, 6) is -0.758. The molecule has 1 aromatic rings. The third-order valence-electron chi connectivity index (χ3n) is 2.29. The van der Waals surface area contributed by atoms with Crippen LogP contribution in [-0.2, 0) is 10.0 Å². The second-order valence-corrected chi connectivity index (χ2v) is 5.62. The fourth-order valence-corrected chi connectivity index (χ4v) is 2.64. The third kappa shape index (κ3) is 5.35. The number of benzene rings is 1. The molecule has 0 radical (unpaired) electrons. The smallest absolute Gasteiger partial charge is 0.404 e. The SMILES string of the molecule is NCCCCNS(=O)(=O)c1ccccc1OC(F)(F)F. The lowest BCUT2D eigenvalue weighted by atomic mass is 10.3. The predicted molar refractivity (Wildman–Crippen MR) is 66.6 cm³/mol. The summed E-state index contributed by atoms with van der Waals surface area (Å²) >= 11 is 0. The van der Waals surface area contributed by atoms with Crippen LogP contribution in [0.3, 0.4) is 0 Å².